The predicted molar refractivity (Wildman–Crippen MR) is 38.6 cm³/mol. The van der Waals surface area contributed by atoms with E-state index in [1.54, 1.807) is 0 Å². The van der Waals surface area contributed by atoms with Crippen LogP contribution in [0, 0.1) is 10.2 Å². The second-order valence-electron chi connectivity index (χ2n) is 1.40. The maximum absolute atomic E-state index is 10.6. The summed E-state index contributed by atoms with van der Waals surface area (Å²) in [5, 5.41) is 16.3. The van der Waals surface area contributed by atoms with Gasteiger partial charge in [-0.1, -0.05) is 0 Å². The van der Waals surface area contributed by atoms with Crippen LogP contribution < -0.4 is 0 Å². The topological polar surface area (TPSA) is 70.3 Å². The molecule has 0 aliphatic heterocycles. The molecule has 60 valence electrons. The van der Waals surface area contributed by atoms with E-state index in [9.17, 15) is 4.79 Å². The first kappa shape index (κ1) is 10.2. The van der Waals surface area contributed by atoms with Crippen LogP contribution >= 0.6 is 0 Å². The van der Waals surface area contributed by atoms with Crippen molar-refractivity contribution in [1.29, 1.82) is 5.26 Å². The molecule has 0 radical (unpaired) electrons. The average molecular weight is 220 g/mol. The Kier molecular flexibility index (Phi) is 6.74. The number of nitrogens with zero attached hydrogens (tertiary/aromatic N) is 1. The Labute approximate surface area is 70.6 Å². The third-order valence-corrected chi connectivity index (χ3v) is 1.45. The van der Waals surface area contributed by atoms with Crippen molar-refractivity contribution < 1.29 is 14.6 Å². The molecule has 0 saturated carbocycles. The number of aliphatic hydroxyl groups is 1. The number of hydrogen-bond donors (Lipinski definition) is 1. The standard InChI is InChI=1S/C6H7NO3Se/c7-5-11-4-1-6(9)10-3-2-8/h1,4,8H,2-3H2/b4-1-. The second-order valence-corrected chi connectivity index (χ2v) is 2.85. The molecule has 0 aliphatic rings. The van der Waals surface area contributed by atoms with Gasteiger partial charge in [0.05, 0.1) is 0 Å². The van der Waals surface area contributed by atoms with E-state index in [-0.39, 0.29) is 28.2 Å². The molecule has 0 bridgehead atoms. The van der Waals surface area contributed by atoms with Gasteiger partial charge < -0.3 is 0 Å². The summed E-state index contributed by atoms with van der Waals surface area (Å²) in [6.07, 6.45) is 1.19. The Balaban J connectivity index is 3.45. The van der Waals surface area contributed by atoms with E-state index in [1.807, 2.05) is 4.97 Å². The Bertz CT molecular complexity index is 185. The summed E-state index contributed by atoms with van der Waals surface area (Å²) >= 11 is -0.293. The van der Waals surface area contributed by atoms with Gasteiger partial charge in [0, 0.05) is 0 Å². The molecule has 0 aliphatic carbocycles. The zero-order valence-electron chi connectivity index (χ0n) is 5.69. The van der Waals surface area contributed by atoms with Crippen LogP contribution in [0.5, 0.6) is 0 Å². The molecule has 0 heterocycles. The summed E-state index contributed by atoms with van der Waals surface area (Å²) in [4.78, 5) is 13.9. The minimum absolute atomic E-state index is 0.00271. The van der Waals surface area contributed by atoms with Gasteiger partial charge in [-0.05, 0) is 0 Å². The Morgan fingerprint density at radius 3 is 3.09 bits per heavy atom. The second kappa shape index (κ2) is 7.29. The Morgan fingerprint density at radius 2 is 2.55 bits per heavy atom. The summed E-state index contributed by atoms with van der Waals surface area (Å²) in [5.41, 5.74) is 0. The van der Waals surface area contributed by atoms with E-state index in [0.29, 0.717) is 0 Å². The molecule has 0 atom stereocenters. The molecule has 0 aromatic carbocycles. The van der Waals surface area contributed by atoms with Crippen LogP contribution in [0.25, 0.3) is 0 Å². The molecule has 0 amide bonds. The third-order valence-electron chi connectivity index (χ3n) is 0.660. The van der Waals surface area contributed by atoms with Crippen molar-refractivity contribution in [2.75, 3.05) is 13.2 Å². The molecule has 5 heteroatoms. The predicted octanol–water partition coefficient (Wildman–Crippen LogP) is -0.779. The summed E-state index contributed by atoms with van der Waals surface area (Å²) < 4.78 is 4.46. The molecule has 0 aromatic heterocycles. The van der Waals surface area contributed by atoms with Crippen LogP contribution in [0.4, 0.5) is 0 Å². The number of esters is 1. The monoisotopic (exact) mass is 221 g/mol. The van der Waals surface area contributed by atoms with Gasteiger partial charge in [-0.25, -0.2) is 0 Å². The van der Waals surface area contributed by atoms with Crippen LogP contribution in [0.3, 0.4) is 0 Å². The normalized spacial score (nSPS) is 9.45. The Morgan fingerprint density at radius 1 is 1.82 bits per heavy atom. The molecule has 0 saturated heterocycles. The summed E-state index contributed by atoms with van der Waals surface area (Å²) in [6.45, 7) is -0.175. The zero-order valence-corrected chi connectivity index (χ0v) is 7.40. The zero-order chi connectivity index (χ0) is 8.53. The molecule has 0 fully saturated rings. The van der Waals surface area contributed by atoms with E-state index in [0.717, 1.165) is 0 Å². The Hall–Kier alpha value is -0.821. The van der Waals surface area contributed by atoms with E-state index < -0.39 is 5.97 Å². The number of carbonyl (C=O) groups is 1. The number of rotatable bonds is 4. The summed E-state index contributed by atoms with van der Waals surface area (Å²) in [6, 6.07) is 0. The van der Waals surface area contributed by atoms with E-state index >= 15 is 0 Å². The molecule has 4 nitrogen and oxygen atoms in total. The van der Waals surface area contributed by atoms with Gasteiger partial charge >= 0.3 is 70.1 Å². The molecule has 1 N–H and O–H groups in total. The number of nitriles is 1. The van der Waals surface area contributed by atoms with Gasteiger partial charge in [0.2, 0.25) is 0 Å². The first-order valence-corrected chi connectivity index (χ1v) is 4.64. The van der Waals surface area contributed by atoms with Crippen LogP contribution in [0.1, 0.15) is 0 Å². The first-order chi connectivity index (χ1) is 5.31. The summed E-state index contributed by atoms with van der Waals surface area (Å²) in [7, 11) is 0. The van der Waals surface area contributed by atoms with Crippen LogP contribution in [0.2, 0.25) is 0 Å². The fourth-order valence-electron chi connectivity index (χ4n) is 0.314. The van der Waals surface area contributed by atoms with Gasteiger partial charge in [-0.3, -0.25) is 0 Å². The van der Waals surface area contributed by atoms with E-state index in [4.69, 9.17) is 10.4 Å². The van der Waals surface area contributed by atoms with Crippen molar-refractivity contribution in [1.82, 2.24) is 0 Å². The van der Waals surface area contributed by atoms with Gasteiger partial charge in [-0.2, -0.15) is 0 Å². The summed E-state index contributed by atoms with van der Waals surface area (Å²) in [5.74, 6) is -0.517. The van der Waals surface area contributed by atoms with Crippen molar-refractivity contribution in [2.24, 2.45) is 0 Å². The van der Waals surface area contributed by atoms with Crippen molar-refractivity contribution in [3.05, 3.63) is 11.1 Å². The number of aliphatic hydroxyl groups excluding tert-OH is 1. The van der Waals surface area contributed by atoms with Crippen LogP contribution in [-0.2, 0) is 9.53 Å². The molecule has 0 spiro atoms. The van der Waals surface area contributed by atoms with Gasteiger partial charge in [0.1, 0.15) is 0 Å². The van der Waals surface area contributed by atoms with Crippen molar-refractivity contribution in [3.63, 3.8) is 0 Å². The molecule has 11 heavy (non-hydrogen) atoms. The molecule has 0 rings (SSSR count). The minimum atomic E-state index is -0.517. The van der Waals surface area contributed by atoms with Crippen LogP contribution in [0.15, 0.2) is 11.1 Å². The number of ether oxygens (including phenoxy) is 1. The van der Waals surface area contributed by atoms with E-state index in [1.165, 1.54) is 11.1 Å². The van der Waals surface area contributed by atoms with Crippen molar-refractivity contribution in [3.8, 4) is 4.97 Å². The van der Waals surface area contributed by atoms with Gasteiger partial charge in [0.25, 0.3) is 0 Å². The third kappa shape index (κ3) is 7.07. The molecule has 0 unspecified atom stereocenters. The SMILES string of the molecule is N#C[Se]/C=C\C(=O)OCCO. The van der Waals surface area contributed by atoms with Gasteiger partial charge in [0.15, 0.2) is 0 Å². The van der Waals surface area contributed by atoms with Crippen molar-refractivity contribution >= 4 is 20.9 Å². The van der Waals surface area contributed by atoms with Gasteiger partial charge in [-0.15, -0.1) is 0 Å². The maximum atomic E-state index is 10.6. The van der Waals surface area contributed by atoms with Crippen molar-refractivity contribution in [2.45, 2.75) is 0 Å². The quantitative estimate of drug-likeness (QED) is 0.383. The molecular formula is C6H7NO3Se. The molecular weight excluding hydrogens is 213 g/mol. The first-order valence-electron chi connectivity index (χ1n) is 2.80. The van der Waals surface area contributed by atoms with Crippen LogP contribution in [-0.4, -0.2) is 39.2 Å². The fourth-order valence-corrected chi connectivity index (χ4v) is 0.818. The molecule has 0 aromatic rings. The average Bonchev–Trinajstić information content (AvgIpc) is 2.01. The fraction of sp³-hybridized carbons (Fsp3) is 0.333. The number of carbonyl (C=O) groups excluding carboxylic acids is 1. The number of hydrogen-bond acceptors (Lipinski definition) is 4. The van der Waals surface area contributed by atoms with E-state index in [2.05, 4.69) is 4.74 Å².